The Hall–Kier alpha value is -1.06. The van der Waals surface area contributed by atoms with Gasteiger partial charge in [0.2, 0.25) is 0 Å². The second kappa shape index (κ2) is 6.21. The van der Waals surface area contributed by atoms with Crippen molar-refractivity contribution in [1.82, 2.24) is 0 Å². The summed E-state index contributed by atoms with van der Waals surface area (Å²) >= 11 is 3.59. The Kier molecular flexibility index (Phi) is 4.61. The molecule has 0 fully saturated rings. The van der Waals surface area contributed by atoms with Crippen LogP contribution in [0.1, 0.15) is 6.92 Å². The maximum absolute atomic E-state index is 5.15. The summed E-state index contributed by atoms with van der Waals surface area (Å²) in [7, 11) is 1.74. The van der Waals surface area contributed by atoms with E-state index in [1.165, 1.54) is 16.5 Å². The molecule has 96 valence electrons. The van der Waals surface area contributed by atoms with E-state index in [0.717, 1.165) is 17.6 Å². The number of hydrogen-bond acceptors (Lipinski definition) is 2. The van der Waals surface area contributed by atoms with Gasteiger partial charge in [0.15, 0.2) is 0 Å². The molecular weight excluding hydrogens is 290 g/mol. The van der Waals surface area contributed by atoms with E-state index in [9.17, 15) is 0 Å². The van der Waals surface area contributed by atoms with E-state index in [4.69, 9.17) is 4.74 Å². The fraction of sp³-hybridized carbons (Fsp3) is 0.333. The summed E-state index contributed by atoms with van der Waals surface area (Å²) in [6.07, 6.45) is 0. The third-order valence-electron chi connectivity index (χ3n) is 2.96. The highest BCUT2D eigenvalue weighted by atomic mass is 79.9. The topological polar surface area (TPSA) is 21.3 Å². The monoisotopic (exact) mass is 307 g/mol. The molecule has 2 nitrogen and oxygen atoms in total. The highest BCUT2D eigenvalue weighted by Gasteiger charge is 2.05. The largest absolute Gasteiger partial charge is 0.384 e. The maximum atomic E-state index is 5.15. The van der Waals surface area contributed by atoms with Crippen LogP contribution in [0.4, 0.5) is 5.69 Å². The molecule has 2 rings (SSSR count). The lowest BCUT2D eigenvalue weighted by atomic mass is 10.1. The average Bonchev–Trinajstić information content (AvgIpc) is 2.39. The van der Waals surface area contributed by atoms with E-state index >= 15 is 0 Å². The summed E-state index contributed by atoms with van der Waals surface area (Å²) in [4.78, 5) is 0. The van der Waals surface area contributed by atoms with Crippen molar-refractivity contribution in [1.29, 1.82) is 0 Å². The molecule has 0 saturated carbocycles. The molecule has 0 spiro atoms. The molecule has 0 amide bonds. The van der Waals surface area contributed by atoms with Crippen LogP contribution in [-0.4, -0.2) is 20.3 Å². The third kappa shape index (κ3) is 3.03. The molecule has 0 aliphatic rings. The van der Waals surface area contributed by atoms with Crippen LogP contribution in [0.3, 0.4) is 0 Å². The van der Waals surface area contributed by atoms with E-state index in [2.05, 4.69) is 64.6 Å². The standard InChI is InChI=1S/C15H18BrNO/c1-11(10-18-2)9-17-15-8-7-14(16)12-5-3-4-6-13(12)15/h3-8,11,17H,9-10H2,1-2H3. The smallest absolute Gasteiger partial charge is 0.0504 e. The van der Waals surface area contributed by atoms with Crippen molar-refractivity contribution in [2.24, 2.45) is 5.92 Å². The van der Waals surface area contributed by atoms with Crippen molar-refractivity contribution in [3.05, 3.63) is 40.9 Å². The number of anilines is 1. The van der Waals surface area contributed by atoms with E-state index in [1.54, 1.807) is 7.11 Å². The van der Waals surface area contributed by atoms with Crippen LogP contribution in [0.15, 0.2) is 40.9 Å². The van der Waals surface area contributed by atoms with Gasteiger partial charge in [-0.2, -0.15) is 0 Å². The molecule has 0 aliphatic carbocycles. The predicted molar refractivity (Wildman–Crippen MR) is 81.2 cm³/mol. The molecule has 0 saturated heterocycles. The van der Waals surface area contributed by atoms with Gasteiger partial charge in [0.25, 0.3) is 0 Å². The van der Waals surface area contributed by atoms with Crippen LogP contribution in [0.5, 0.6) is 0 Å². The maximum Gasteiger partial charge on any atom is 0.0504 e. The third-order valence-corrected chi connectivity index (χ3v) is 3.65. The van der Waals surface area contributed by atoms with Gasteiger partial charge in [-0.05, 0) is 23.4 Å². The molecule has 1 atom stereocenters. The fourth-order valence-corrected chi connectivity index (χ4v) is 2.52. The van der Waals surface area contributed by atoms with Crippen molar-refractivity contribution in [3.8, 4) is 0 Å². The Balaban J connectivity index is 2.21. The van der Waals surface area contributed by atoms with Gasteiger partial charge in [-0.15, -0.1) is 0 Å². The Morgan fingerprint density at radius 2 is 1.89 bits per heavy atom. The summed E-state index contributed by atoms with van der Waals surface area (Å²) < 4.78 is 6.28. The molecule has 0 heterocycles. The quantitative estimate of drug-likeness (QED) is 0.889. The lowest BCUT2D eigenvalue weighted by Gasteiger charge is -2.14. The van der Waals surface area contributed by atoms with Crippen molar-refractivity contribution in [2.75, 3.05) is 25.6 Å². The first-order valence-electron chi connectivity index (χ1n) is 6.12. The lowest BCUT2D eigenvalue weighted by Crippen LogP contribution is -2.15. The van der Waals surface area contributed by atoms with Crippen molar-refractivity contribution in [3.63, 3.8) is 0 Å². The van der Waals surface area contributed by atoms with Crippen LogP contribution in [0, 0.1) is 5.92 Å². The number of hydrogen-bond donors (Lipinski definition) is 1. The summed E-state index contributed by atoms with van der Waals surface area (Å²) in [6, 6.07) is 12.6. The molecule has 3 heteroatoms. The number of fused-ring (bicyclic) bond motifs is 1. The molecule has 1 N–H and O–H groups in total. The Bertz CT molecular complexity index is 527. The number of ether oxygens (including phenoxy) is 1. The van der Waals surface area contributed by atoms with Gasteiger partial charge in [-0.25, -0.2) is 0 Å². The Labute approximate surface area is 116 Å². The van der Waals surface area contributed by atoms with Crippen LogP contribution < -0.4 is 5.32 Å². The summed E-state index contributed by atoms with van der Waals surface area (Å²) in [6.45, 7) is 3.87. The van der Waals surface area contributed by atoms with Gasteiger partial charge in [-0.1, -0.05) is 47.1 Å². The Morgan fingerprint density at radius 3 is 2.61 bits per heavy atom. The minimum Gasteiger partial charge on any atom is -0.384 e. The number of nitrogens with one attached hydrogen (secondary N) is 1. The minimum absolute atomic E-state index is 0.498. The molecule has 0 radical (unpaired) electrons. The van der Waals surface area contributed by atoms with Crippen LogP contribution in [0.2, 0.25) is 0 Å². The molecule has 0 aliphatic heterocycles. The van der Waals surface area contributed by atoms with Crippen molar-refractivity contribution < 1.29 is 4.74 Å². The number of halogens is 1. The van der Waals surface area contributed by atoms with Gasteiger partial charge in [-0.3, -0.25) is 0 Å². The van der Waals surface area contributed by atoms with E-state index < -0.39 is 0 Å². The van der Waals surface area contributed by atoms with Gasteiger partial charge >= 0.3 is 0 Å². The SMILES string of the molecule is COCC(C)CNc1ccc(Br)c2ccccc12. The summed E-state index contributed by atoms with van der Waals surface area (Å²) in [5.41, 5.74) is 1.18. The Morgan fingerprint density at radius 1 is 1.17 bits per heavy atom. The van der Waals surface area contributed by atoms with E-state index in [-0.39, 0.29) is 0 Å². The van der Waals surface area contributed by atoms with Gasteiger partial charge in [0.1, 0.15) is 0 Å². The second-order valence-corrected chi connectivity index (χ2v) is 5.44. The summed E-state index contributed by atoms with van der Waals surface area (Å²) in [5, 5.41) is 5.98. The minimum atomic E-state index is 0.498. The van der Waals surface area contributed by atoms with Gasteiger partial charge in [0.05, 0.1) is 6.61 Å². The highest BCUT2D eigenvalue weighted by molar-refractivity contribution is 9.10. The molecular formula is C15H18BrNO. The second-order valence-electron chi connectivity index (χ2n) is 4.58. The number of rotatable bonds is 5. The van der Waals surface area contributed by atoms with Crippen LogP contribution in [-0.2, 0) is 4.74 Å². The zero-order chi connectivity index (χ0) is 13.0. The van der Waals surface area contributed by atoms with Crippen LogP contribution >= 0.6 is 15.9 Å². The molecule has 0 aromatic heterocycles. The zero-order valence-corrected chi connectivity index (χ0v) is 12.3. The first-order chi connectivity index (χ1) is 8.72. The molecule has 2 aromatic rings. The first-order valence-corrected chi connectivity index (χ1v) is 6.91. The fourth-order valence-electron chi connectivity index (χ4n) is 2.04. The van der Waals surface area contributed by atoms with E-state index in [0.29, 0.717) is 5.92 Å². The summed E-state index contributed by atoms with van der Waals surface area (Å²) in [5.74, 6) is 0.498. The number of methoxy groups -OCH3 is 1. The zero-order valence-electron chi connectivity index (χ0n) is 10.7. The average molecular weight is 308 g/mol. The molecule has 0 bridgehead atoms. The first kappa shape index (κ1) is 13.4. The van der Waals surface area contributed by atoms with Crippen molar-refractivity contribution in [2.45, 2.75) is 6.92 Å². The molecule has 18 heavy (non-hydrogen) atoms. The van der Waals surface area contributed by atoms with Crippen molar-refractivity contribution >= 4 is 32.4 Å². The van der Waals surface area contributed by atoms with Gasteiger partial charge in [0, 0.05) is 29.2 Å². The molecule has 1 unspecified atom stereocenters. The van der Waals surface area contributed by atoms with Gasteiger partial charge < -0.3 is 10.1 Å². The van der Waals surface area contributed by atoms with E-state index in [1.807, 2.05) is 0 Å². The molecule has 2 aromatic carbocycles. The number of benzene rings is 2. The van der Waals surface area contributed by atoms with Crippen LogP contribution in [0.25, 0.3) is 10.8 Å². The highest BCUT2D eigenvalue weighted by Crippen LogP contribution is 2.29. The normalized spacial score (nSPS) is 12.6. The predicted octanol–water partition coefficient (Wildman–Crippen LogP) is 4.30. The lowest BCUT2D eigenvalue weighted by molar-refractivity contribution is 0.164.